The molecule has 0 unspecified atom stereocenters. The van der Waals surface area contributed by atoms with Gasteiger partial charge in [-0.25, -0.2) is 9.37 Å². The molecule has 1 N–H and O–H groups in total. The summed E-state index contributed by atoms with van der Waals surface area (Å²) in [5.74, 6) is 0.132. The highest BCUT2D eigenvalue weighted by molar-refractivity contribution is 6.30. The molecular weight excluding hydrogens is 281 g/mol. The van der Waals surface area contributed by atoms with Crippen molar-refractivity contribution in [2.24, 2.45) is 0 Å². The van der Waals surface area contributed by atoms with Crippen molar-refractivity contribution < 1.29 is 9.13 Å². The lowest BCUT2D eigenvalue weighted by atomic mass is 10.3. The van der Waals surface area contributed by atoms with E-state index in [9.17, 15) is 4.39 Å². The maximum atomic E-state index is 14.0. The topological polar surface area (TPSA) is 39.1 Å². The van der Waals surface area contributed by atoms with E-state index in [1.807, 2.05) is 6.92 Å². The van der Waals surface area contributed by atoms with Crippen molar-refractivity contribution in [1.29, 1.82) is 0 Å². The molecule has 1 aromatic heterocycles. The zero-order valence-corrected chi connectivity index (χ0v) is 12.0. The molecule has 0 radical (unpaired) electrons. The molecule has 0 bridgehead atoms. The average molecular weight is 298 g/mol. The van der Waals surface area contributed by atoms with Gasteiger partial charge in [-0.15, -0.1) is 0 Å². The summed E-state index contributed by atoms with van der Waals surface area (Å²) >= 11 is 5.80. The van der Waals surface area contributed by atoms with E-state index in [1.165, 1.54) is 6.07 Å². The third kappa shape index (κ3) is 3.49. The molecule has 6 heteroatoms. The van der Waals surface area contributed by atoms with Gasteiger partial charge in [0.2, 0.25) is 5.95 Å². The number of nitrogens with one attached hydrogen (secondary N) is 1. The van der Waals surface area contributed by atoms with Gasteiger partial charge in [0, 0.05) is 32.2 Å². The quantitative estimate of drug-likeness (QED) is 0.795. The maximum Gasteiger partial charge on any atom is 0.207 e. The smallest absolute Gasteiger partial charge is 0.207 e. The lowest BCUT2D eigenvalue weighted by molar-refractivity contribution is 0.147. The number of rotatable bonds is 7. The van der Waals surface area contributed by atoms with E-state index >= 15 is 0 Å². The molecule has 2 rings (SSSR count). The summed E-state index contributed by atoms with van der Waals surface area (Å²) < 4.78 is 20.9. The monoisotopic (exact) mass is 297 g/mol. The SMILES string of the molecule is CCOCCCNc1nccn1-c1cccc(Cl)c1F. The second kappa shape index (κ2) is 7.26. The lowest BCUT2D eigenvalue weighted by Crippen LogP contribution is -2.10. The van der Waals surface area contributed by atoms with Gasteiger partial charge in [-0.2, -0.15) is 0 Å². The Kier molecular flexibility index (Phi) is 5.38. The number of nitrogens with zero attached hydrogens (tertiary/aromatic N) is 2. The highest BCUT2D eigenvalue weighted by Gasteiger charge is 2.11. The Morgan fingerprint density at radius 1 is 1.45 bits per heavy atom. The van der Waals surface area contributed by atoms with Gasteiger partial charge in [0.25, 0.3) is 0 Å². The molecule has 4 nitrogen and oxygen atoms in total. The first-order valence-electron chi connectivity index (χ1n) is 6.53. The maximum absolute atomic E-state index is 14.0. The fourth-order valence-corrected chi connectivity index (χ4v) is 2.00. The number of hydrogen-bond donors (Lipinski definition) is 1. The van der Waals surface area contributed by atoms with Crippen LogP contribution in [-0.4, -0.2) is 29.3 Å². The van der Waals surface area contributed by atoms with Crippen LogP contribution in [0.15, 0.2) is 30.6 Å². The van der Waals surface area contributed by atoms with E-state index in [-0.39, 0.29) is 5.02 Å². The molecule has 1 heterocycles. The van der Waals surface area contributed by atoms with E-state index in [0.29, 0.717) is 31.4 Å². The van der Waals surface area contributed by atoms with Crippen LogP contribution in [0.2, 0.25) is 5.02 Å². The third-order valence-electron chi connectivity index (χ3n) is 2.78. The number of imidazole rings is 1. The number of halogens is 2. The molecule has 0 aliphatic rings. The number of benzene rings is 1. The zero-order chi connectivity index (χ0) is 14.4. The molecule has 0 atom stereocenters. The van der Waals surface area contributed by atoms with Crippen LogP contribution in [0.1, 0.15) is 13.3 Å². The number of ether oxygens (including phenoxy) is 1. The minimum Gasteiger partial charge on any atom is -0.382 e. The minimum absolute atomic E-state index is 0.0958. The van der Waals surface area contributed by atoms with Crippen molar-refractivity contribution in [1.82, 2.24) is 9.55 Å². The summed E-state index contributed by atoms with van der Waals surface area (Å²) in [4.78, 5) is 4.18. The molecule has 1 aromatic carbocycles. The van der Waals surface area contributed by atoms with Crippen LogP contribution >= 0.6 is 11.6 Å². The molecule has 2 aromatic rings. The molecule has 108 valence electrons. The Labute approximate surface area is 122 Å². The van der Waals surface area contributed by atoms with Crippen molar-refractivity contribution >= 4 is 17.5 Å². The summed E-state index contributed by atoms with van der Waals surface area (Å²) in [5.41, 5.74) is 0.377. The molecule has 0 saturated carbocycles. The summed E-state index contributed by atoms with van der Waals surface area (Å²) in [6, 6.07) is 4.89. The molecule has 0 saturated heterocycles. The Hall–Kier alpha value is -1.59. The van der Waals surface area contributed by atoms with Gasteiger partial charge in [0.1, 0.15) is 0 Å². The van der Waals surface area contributed by atoms with Gasteiger partial charge >= 0.3 is 0 Å². The summed E-state index contributed by atoms with van der Waals surface area (Å²) in [6.07, 6.45) is 4.17. The molecule has 0 amide bonds. The van der Waals surface area contributed by atoms with Crippen LogP contribution in [-0.2, 0) is 4.74 Å². The summed E-state index contributed by atoms with van der Waals surface area (Å²) in [6.45, 7) is 4.07. The van der Waals surface area contributed by atoms with Crippen molar-refractivity contribution in [2.45, 2.75) is 13.3 Å². The first-order chi connectivity index (χ1) is 9.74. The molecule has 0 aliphatic carbocycles. The number of aromatic nitrogens is 2. The second-order valence-corrected chi connectivity index (χ2v) is 4.58. The van der Waals surface area contributed by atoms with E-state index in [4.69, 9.17) is 16.3 Å². The standard InChI is InChI=1S/C14H17ClFN3O/c1-2-20-10-4-7-17-14-18-8-9-19(14)12-6-3-5-11(15)13(12)16/h3,5-6,8-9H,2,4,7,10H2,1H3,(H,17,18). The first kappa shape index (κ1) is 14.8. The van der Waals surface area contributed by atoms with Crippen molar-refractivity contribution in [3.05, 3.63) is 41.4 Å². The van der Waals surface area contributed by atoms with Gasteiger partial charge < -0.3 is 10.1 Å². The van der Waals surface area contributed by atoms with Crippen LogP contribution in [0.3, 0.4) is 0 Å². The largest absolute Gasteiger partial charge is 0.382 e. The van der Waals surface area contributed by atoms with E-state index < -0.39 is 5.82 Å². The fraction of sp³-hybridized carbons (Fsp3) is 0.357. The molecular formula is C14H17ClFN3O. The highest BCUT2D eigenvalue weighted by atomic mass is 35.5. The van der Waals surface area contributed by atoms with Crippen LogP contribution in [0.4, 0.5) is 10.3 Å². The Bertz CT molecular complexity index is 559. The van der Waals surface area contributed by atoms with Crippen LogP contribution < -0.4 is 5.32 Å². The molecule has 20 heavy (non-hydrogen) atoms. The Balaban J connectivity index is 2.06. The van der Waals surface area contributed by atoms with Gasteiger partial charge in [-0.1, -0.05) is 17.7 Å². The van der Waals surface area contributed by atoms with Gasteiger partial charge in [0.15, 0.2) is 5.82 Å². The van der Waals surface area contributed by atoms with Crippen LogP contribution in [0.5, 0.6) is 0 Å². The van der Waals surface area contributed by atoms with E-state index in [0.717, 1.165) is 6.42 Å². The van der Waals surface area contributed by atoms with Crippen LogP contribution in [0.25, 0.3) is 5.69 Å². The van der Waals surface area contributed by atoms with Gasteiger partial charge in [-0.3, -0.25) is 4.57 Å². The molecule has 0 fully saturated rings. The second-order valence-electron chi connectivity index (χ2n) is 4.17. The normalized spacial score (nSPS) is 10.8. The predicted molar refractivity (Wildman–Crippen MR) is 78.1 cm³/mol. The number of hydrogen-bond acceptors (Lipinski definition) is 3. The van der Waals surface area contributed by atoms with Crippen molar-refractivity contribution in [3.63, 3.8) is 0 Å². The van der Waals surface area contributed by atoms with Gasteiger partial charge in [0.05, 0.1) is 10.7 Å². The number of anilines is 1. The third-order valence-corrected chi connectivity index (χ3v) is 3.08. The fourth-order valence-electron chi connectivity index (χ4n) is 1.83. The molecule has 0 spiro atoms. The van der Waals surface area contributed by atoms with Crippen molar-refractivity contribution in [2.75, 3.05) is 25.1 Å². The zero-order valence-electron chi connectivity index (χ0n) is 11.3. The Morgan fingerprint density at radius 2 is 2.30 bits per heavy atom. The first-order valence-corrected chi connectivity index (χ1v) is 6.91. The van der Waals surface area contributed by atoms with E-state index in [2.05, 4.69) is 10.3 Å². The lowest BCUT2D eigenvalue weighted by Gasteiger charge is -2.11. The van der Waals surface area contributed by atoms with Crippen molar-refractivity contribution in [3.8, 4) is 5.69 Å². The minimum atomic E-state index is -0.454. The predicted octanol–water partition coefficient (Wildman–Crippen LogP) is 3.50. The highest BCUT2D eigenvalue weighted by Crippen LogP contribution is 2.23. The molecule has 0 aliphatic heterocycles. The Morgan fingerprint density at radius 3 is 3.10 bits per heavy atom. The van der Waals surface area contributed by atoms with E-state index in [1.54, 1.807) is 29.1 Å². The van der Waals surface area contributed by atoms with Gasteiger partial charge in [-0.05, 0) is 25.5 Å². The summed E-state index contributed by atoms with van der Waals surface area (Å²) in [7, 11) is 0. The summed E-state index contributed by atoms with van der Waals surface area (Å²) in [5, 5.41) is 3.26. The average Bonchev–Trinajstić information content (AvgIpc) is 2.90. The van der Waals surface area contributed by atoms with Crippen LogP contribution in [0, 0.1) is 5.82 Å².